The summed E-state index contributed by atoms with van der Waals surface area (Å²) < 4.78 is 2.64. The zero-order valence-electron chi connectivity index (χ0n) is 11.0. The first-order valence-corrected chi connectivity index (χ1v) is 6.47. The second-order valence-corrected chi connectivity index (χ2v) is 4.68. The average Bonchev–Trinajstić information content (AvgIpc) is 3.04. The van der Waals surface area contributed by atoms with E-state index in [-0.39, 0.29) is 10.7 Å². The van der Waals surface area contributed by atoms with Crippen molar-refractivity contribution in [2.75, 3.05) is 0 Å². The highest BCUT2D eigenvalue weighted by Crippen LogP contribution is 2.17. The Morgan fingerprint density at radius 3 is 2.55 bits per heavy atom. The van der Waals surface area contributed by atoms with E-state index in [0.717, 1.165) is 4.68 Å². The largest absolute Gasteiger partial charge is 0.303 e. The molecule has 0 bridgehead atoms. The van der Waals surface area contributed by atoms with Crippen LogP contribution in [0.3, 0.4) is 0 Å². The molecular formula is C13H8ClN5O3. The molecule has 3 aromatic rings. The fraction of sp³-hybridized carbons (Fsp3) is 0. The van der Waals surface area contributed by atoms with E-state index in [4.69, 9.17) is 11.6 Å². The van der Waals surface area contributed by atoms with Crippen LogP contribution in [-0.4, -0.2) is 24.3 Å². The molecule has 2 heterocycles. The van der Waals surface area contributed by atoms with Crippen LogP contribution >= 0.6 is 11.6 Å². The number of hydrogen-bond donors (Lipinski definition) is 0. The summed E-state index contributed by atoms with van der Waals surface area (Å²) >= 11 is 6.09. The number of hydrogen-bond acceptors (Lipinski definition) is 5. The lowest BCUT2D eigenvalue weighted by molar-refractivity contribution is -0.384. The van der Waals surface area contributed by atoms with Gasteiger partial charge in [0.1, 0.15) is 5.02 Å². The number of non-ortho nitro benzene ring substituents is 1. The molecule has 0 amide bonds. The first kappa shape index (κ1) is 14.0. The summed E-state index contributed by atoms with van der Waals surface area (Å²) in [5, 5.41) is 14.7. The van der Waals surface area contributed by atoms with Crippen molar-refractivity contribution in [1.82, 2.24) is 19.3 Å². The number of benzene rings is 1. The minimum atomic E-state index is -0.526. The Morgan fingerprint density at radius 2 is 1.95 bits per heavy atom. The molecule has 8 nitrogen and oxygen atoms in total. The zero-order chi connectivity index (χ0) is 15.7. The Labute approximate surface area is 128 Å². The minimum absolute atomic E-state index is 0.0219. The fourth-order valence-corrected chi connectivity index (χ4v) is 2.13. The highest BCUT2D eigenvalue weighted by Gasteiger charge is 2.13. The number of halogens is 1. The highest BCUT2D eigenvalue weighted by molar-refractivity contribution is 6.32. The quantitative estimate of drug-likeness (QED) is 0.543. The third-order valence-electron chi connectivity index (χ3n) is 2.99. The van der Waals surface area contributed by atoms with Gasteiger partial charge in [0.25, 0.3) is 11.2 Å². The fourth-order valence-electron chi connectivity index (χ4n) is 1.91. The number of rotatable bonds is 3. The molecule has 0 saturated carbocycles. The van der Waals surface area contributed by atoms with Crippen molar-refractivity contribution >= 4 is 17.3 Å². The SMILES string of the molecule is O=c1c(Cl)c(-n2ccnc2)cnn1-c1ccc([N+](=O)[O-])cc1. The number of nitro groups is 1. The third kappa shape index (κ3) is 2.35. The Morgan fingerprint density at radius 1 is 1.23 bits per heavy atom. The van der Waals surface area contributed by atoms with Crippen molar-refractivity contribution in [1.29, 1.82) is 0 Å². The van der Waals surface area contributed by atoms with E-state index in [1.54, 1.807) is 17.0 Å². The Balaban J connectivity index is 2.07. The van der Waals surface area contributed by atoms with E-state index in [2.05, 4.69) is 10.1 Å². The van der Waals surface area contributed by atoms with Gasteiger partial charge in [-0.15, -0.1) is 0 Å². The number of nitro benzene ring substituents is 1. The maximum absolute atomic E-state index is 12.3. The number of imidazole rings is 1. The van der Waals surface area contributed by atoms with Crippen LogP contribution in [0.2, 0.25) is 5.02 Å². The normalized spacial score (nSPS) is 10.6. The molecule has 0 aliphatic heterocycles. The van der Waals surface area contributed by atoms with E-state index in [0.29, 0.717) is 11.4 Å². The van der Waals surface area contributed by atoms with Crippen molar-refractivity contribution in [2.45, 2.75) is 0 Å². The monoisotopic (exact) mass is 317 g/mol. The molecule has 0 fully saturated rings. The summed E-state index contributed by atoms with van der Waals surface area (Å²) in [6.07, 6.45) is 6.11. The smallest absolute Gasteiger partial charge is 0.292 e. The van der Waals surface area contributed by atoms with E-state index >= 15 is 0 Å². The van der Waals surface area contributed by atoms with Crippen molar-refractivity contribution in [3.63, 3.8) is 0 Å². The van der Waals surface area contributed by atoms with Gasteiger partial charge in [-0.05, 0) is 12.1 Å². The lowest BCUT2D eigenvalue weighted by Gasteiger charge is -2.08. The number of nitrogens with zero attached hydrogens (tertiary/aromatic N) is 5. The van der Waals surface area contributed by atoms with Gasteiger partial charge in [0.15, 0.2) is 0 Å². The molecule has 0 saturated heterocycles. The van der Waals surface area contributed by atoms with Crippen LogP contribution in [-0.2, 0) is 0 Å². The molecule has 9 heteroatoms. The van der Waals surface area contributed by atoms with Crippen LogP contribution in [0.25, 0.3) is 11.4 Å². The predicted octanol–water partition coefficient (Wildman–Crippen LogP) is 1.98. The molecule has 1 aromatic carbocycles. The third-order valence-corrected chi connectivity index (χ3v) is 3.34. The van der Waals surface area contributed by atoms with Crippen LogP contribution < -0.4 is 5.56 Å². The summed E-state index contributed by atoms with van der Waals surface area (Å²) in [5.41, 5.74) is 0.191. The van der Waals surface area contributed by atoms with Gasteiger partial charge in [-0.25, -0.2) is 4.98 Å². The van der Waals surface area contributed by atoms with Gasteiger partial charge in [0, 0.05) is 24.5 Å². The van der Waals surface area contributed by atoms with Crippen molar-refractivity contribution in [3.8, 4) is 11.4 Å². The zero-order valence-corrected chi connectivity index (χ0v) is 11.7. The Bertz CT molecular complexity index is 887. The first-order chi connectivity index (χ1) is 10.6. The summed E-state index contributed by atoms with van der Waals surface area (Å²) in [4.78, 5) is 26.3. The van der Waals surface area contributed by atoms with Crippen molar-refractivity contribution in [3.05, 3.63) is 74.7 Å². The van der Waals surface area contributed by atoms with E-state index in [1.807, 2.05) is 0 Å². The average molecular weight is 318 g/mol. The van der Waals surface area contributed by atoms with Crippen LogP contribution in [0, 0.1) is 10.1 Å². The van der Waals surface area contributed by atoms with Gasteiger partial charge in [0.05, 0.1) is 28.8 Å². The van der Waals surface area contributed by atoms with Crippen LogP contribution in [0.4, 0.5) is 5.69 Å². The lowest BCUT2D eigenvalue weighted by Crippen LogP contribution is -2.22. The molecule has 0 radical (unpaired) electrons. The lowest BCUT2D eigenvalue weighted by atomic mass is 10.3. The molecule has 0 N–H and O–H groups in total. The molecule has 110 valence electrons. The maximum atomic E-state index is 12.3. The van der Waals surface area contributed by atoms with Gasteiger partial charge >= 0.3 is 0 Å². The first-order valence-electron chi connectivity index (χ1n) is 6.09. The topological polar surface area (TPSA) is 95.8 Å². The summed E-state index contributed by atoms with van der Waals surface area (Å²) in [6.45, 7) is 0. The number of aromatic nitrogens is 4. The van der Waals surface area contributed by atoms with E-state index < -0.39 is 10.5 Å². The second-order valence-electron chi connectivity index (χ2n) is 4.30. The van der Waals surface area contributed by atoms with Gasteiger partial charge in [-0.1, -0.05) is 11.6 Å². The molecule has 3 rings (SSSR count). The summed E-state index contributed by atoms with van der Waals surface area (Å²) in [7, 11) is 0. The molecule has 22 heavy (non-hydrogen) atoms. The van der Waals surface area contributed by atoms with Crippen molar-refractivity contribution < 1.29 is 4.92 Å². The molecule has 0 spiro atoms. The molecule has 0 aliphatic rings. The Hall–Kier alpha value is -3.00. The van der Waals surface area contributed by atoms with Gasteiger partial charge < -0.3 is 4.57 Å². The van der Waals surface area contributed by atoms with Crippen LogP contribution in [0.5, 0.6) is 0 Å². The van der Waals surface area contributed by atoms with E-state index in [1.165, 1.54) is 36.8 Å². The summed E-state index contributed by atoms with van der Waals surface area (Å²) in [5.74, 6) is 0. The highest BCUT2D eigenvalue weighted by atomic mass is 35.5. The van der Waals surface area contributed by atoms with Gasteiger partial charge in [-0.3, -0.25) is 14.9 Å². The van der Waals surface area contributed by atoms with E-state index in [9.17, 15) is 14.9 Å². The molecule has 0 aliphatic carbocycles. The minimum Gasteiger partial charge on any atom is -0.303 e. The molecule has 0 unspecified atom stereocenters. The Kier molecular flexibility index (Phi) is 3.43. The standard InChI is InChI=1S/C13H8ClN5O3/c14-12-11(17-6-5-15-8-17)7-16-18(13(12)20)9-1-3-10(4-2-9)19(21)22/h1-8H. The van der Waals surface area contributed by atoms with Crippen molar-refractivity contribution in [2.24, 2.45) is 0 Å². The van der Waals surface area contributed by atoms with Gasteiger partial charge in [-0.2, -0.15) is 9.78 Å². The summed E-state index contributed by atoms with van der Waals surface area (Å²) in [6, 6.07) is 5.45. The van der Waals surface area contributed by atoms with Gasteiger partial charge in [0.2, 0.25) is 0 Å². The van der Waals surface area contributed by atoms with Crippen LogP contribution in [0.1, 0.15) is 0 Å². The maximum Gasteiger partial charge on any atom is 0.292 e. The molecule has 0 atom stereocenters. The molecular weight excluding hydrogens is 310 g/mol. The molecule has 2 aromatic heterocycles. The predicted molar refractivity (Wildman–Crippen MR) is 78.6 cm³/mol. The van der Waals surface area contributed by atoms with Crippen LogP contribution in [0.15, 0.2) is 54.0 Å². The second kappa shape index (κ2) is 5.41.